The fraction of sp³-hybridized carbons (Fsp3) is 0.316. The van der Waals surface area contributed by atoms with Crippen LogP contribution in [-0.2, 0) is 0 Å². The molecular weight excluding hydrogens is 320 g/mol. The standard InChI is InChI=1S/C19H20N2O4/c22-12-16-17(23)7-3-8-18(16)25-13-15-6-1-2-10-21(15)19(24)14-5-4-9-20-11-14/h3-5,7-9,11-12,15,23H,1-2,6,10,13H2. The van der Waals surface area contributed by atoms with E-state index in [-0.39, 0.29) is 29.9 Å². The van der Waals surface area contributed by atoms with E-state index in [4.69, 9.17) is 4.74 Å². The monoisotopic (exact) mass is 340 g/mol. The van der Waals surface area contributed by atoms with Gasteiger partial charge in [-0.1, -0.05) is 6.07 Å². The maximum Gasteiger partial charge on any atom is 0.255 e. The third-order valence-corrected chi connectivity index (χ3v) is 4.39. The van der Waals surface area contributed by atoms with Gasteiger partial charge in [-0.05, 0) is 43.5 Å². The summed E-state index contributed by atoms with van der Waals surface area (Å²) in [5, 5.41) is 9.73. The van der Waals surface area contributed by atoms with E-state index in [0.29, 0.717) is 24.1 Å². The van der Waals surface area contributed by atoms with Crippen molar-refractivity contribution < 1.29 is 19.4 Å². The van der Waals surface area contributed by atoms with Crippen molar-refractivity contribution in [1.29, 1.82) is 0 Å². The Morgan fingerprint density at radius 2 is 2.20 bits per heavy atom. The summed E-state index contributed by atoms with van der Waals surface area (Å²) in [6.07, 6.45) is 6.58. The topological polar surface area (TPSA) is 79.7 Å². The van der Waals surface area contributed by atoms with Crippen LogP contribution in [0.25, 0.3) is 0 Å². The summed E-state index contributed by atoms with van der Waals surface area (Å²) in [5.74, 6) is 0.154. The molecule has 2 heterocycles. The number of phenols is 1. The minimum absolute atomic E-state index is 0.0621. The van der Waals surface area contributed by atoms with Crippen LogP contribution in [-0.4, -0.2) is 46.4 Å². The smallest absolute Gasteiger partial charge is 0.255 e. The lowest BCUT2D eigenvalue weighted by molar-refractivity contribution is 0.0526. The molecule has 0 radical (unpaired) electrons. The Hall–Kier alpha value is -2.89. The number of nitrogens with zero attached hydrogens (tertiary/aromatic N) is 2. The number of aldehydes is 1. The molecule has 1 unspecified atom stereocenters. The molecule has 1 aromatic carbocycles. The molecule has 2 aromatic rings. The van der Waals surface area contributed by atoms with Gasteiger partial charge in [-0.15, -0.1) is 0 Å². The van der Waals surface area contributed by atoms with Crippen molar-refractivity contribution in [2.45, 2.75) is 25.3 Å². The lowest BCUT2D eigenvalue weighted by Gasteiger charge is -2.35. The average molecular weight is 340 g/mol. The molecule has 130 valence electrons. The number of ether oxygens (including phenoxy) is 1. The molecule has 1 aliphatic rings. The molecule has 25 heavy (non-hydrogen) atoms. The van der Waals surface area contributed by atoms with Gasteiger partial charge in [0.15, 0.2) is 6.29 Å². The van der Waals surface area contributed by atoms with Crippen LogP contribution in [0.3, 0.4) is 0 Å². The van der Waals surface area contributed by atoms with Crippen LogP contribution in [0.4, 0.5) is 0 Å². The number of phenolic OH excluding ortho intramolecular Hbond substituents is 1. The zero-order valence-corrected chi connectivity index (χ0v) is 13.8. The average Bonchev–Trinajstić information content (AvgIpc) is 2.67. The fourth-order valence-electron chi connectivity index (χ4n) is 3.06. The van der Waals surface area contributed by atoms with Crippen molar-refractivity contribution in [3.63, 3.8) is 0 Å². The molecule has 6 heteroatoms. The molecule has 3 rings (SSSR count). The predicted octanol–water partition coefficient (Wildman–Crippen LogP) is 2.67. The van der Waals surface area contributed by atoms with Gasteiger partial charge in [-0.3, -0.25) is 14.6 Å². The van der Waals surface area contributed by atoms with Crippen molar-refractivity contribution in [2.24, 2.45) is 0 Å². The highest BCUT2D eigenvalue weighted by molar-refractivity contribution is 5.94. The number of amides is 1. The second kappa shape index (κ2) is 7.79. The minimum Gasteiger partial charge on any atom is -0.507 e. The third-order valence-electron chi connectivity index (χ3n) is 4.39. The molecule has 0 spiro atoms. The molecule has 1 aliphatic heterocycles. The Morgan fingerprint density at radius 3 is 2.96 bits per heavy atom. The van der Waals surface area contributed by atoms with E-state index in [1.807, 2.05) is 4.90 Å². The summed E-state index contributed by atoms with van der Waals surface area (Å²) in [7, 11) is 0. The third kappa shape index (κ3) is 3.79. The molecular formula is C19H20N2O4. The molecule has 1 aromatic heterocycles. The lowest BCUT2D eigenvalue weighted by Crippen LogP contribution is -2.46. The summed E-state index contributed by atoms with van der Waals surface area (Å²) < 4.78 is 5.76. The van der Waals surface area contributed by atoms with Gasteiger partial charge < -0.3 is 14.7 Å². The molecule has 0 bridgehead atoms. The summed E-state index contributed by atoms with van der Waals surface area (Å²) in [6.45, 7) is 0.943. The van der Waals surface area contributed by atoms with Gasteiger partial charge in [0.1, 0.15) is 18.1 Å². The molecule has 6 nitrogen and oxygen atoms in total. The van der Waals surface area contributed by atoms with Gasteiger partial charge in [0.05, 0.1) is 17.2 Å². The van der Waals surface area contributed by atoms with Crippen molar-refractivity contribution in [2.75, 3.05) is 13.2 Å². The molecule has 0 saturated carbocycles. The molecule has 1 fully saturated rings. The van der Waals surface area contributed by atoms with Crippen molar-refractivity contribution in [1.82, 2.24) is 9.88 Å². The van der Waals surface area contributed by atoms with Gasteiger partial charge in [-0.2, -0.15) is 0 Å². The summed E-state index contributed by atoms with van der Waals surface area (Å²) in [5.41, 5.74) is 0.684. The molecule has 1 saturated heterocycles. The highest BCUT2D eigenvalue weighted by Crippen LogP contribution is 2.27. The number of benzene rings is 1. The zero-order valence-electron chi connectivity index (χ0n) is 13.8. The highest BCUT2D eigenvalue weighted by Gasteiger charge is 2.28. The summed E-state index contributed by atoms with van der Waals surface area (Å²) in [4.78, 5) is 29.7. The highest BCUT2D eigenvalue weighted by atomic mass is 16.5. The number of rotatable bonds is 5. The summed E-state index contributed by atoms with van der Waals surface area (Å²) in [6, 6.07) is 8.11. The van der Waals surface area contributed by atoms with Crippen LogP contribution in [0.1, 0.15) is 40.0 Å². The Kier molecular flexibility index (Phi) is 5.28. The van der Waals surface area contributed by atoms with Crippen molar-refractivity contribution in [3.05, 3.63) is 53.9 Å². The quantitative estimate of drug-likeness (QED) is 0.847. The van der Waals surface area contributed by atoms with E-state index in [1.54, 1.807) is 36.7 Å². The number of piperidine rings is 1. The number of carbonyl (C=O) groups excluding carboxylic acids is 2. The van der Waals surface area contributed by atoms with Gasteiger partial charge in [-0.25, -0.2) is 0 Å². The minimum atomic E-state index is -0.112. The fourth-order valence-corrected chi connectivity index (χ4v) is 3.06. The van der Waals surface area contributed by atoms with Crippen LogP contribution in [0, 0.1) is 0 Å². The molecule has 1 atom stereocenters. The number of likely N-dealkylation sites (tertiary alicyclic amines) is 1. The van der Waals surface area contributed by atoms with Gasteiger partial charge in [0.25, 0.3) is 5.91 Å². The zero-order chi connectivity index (χ0) is 17.6. The van der Waals surface area contributed by atoms with Crippen molar-refractivity contribution >= 4 is 12.2 Å². The normalized spacial score (nSPS) is 17.1. The largest absolute Gasteiger partial charge is 0.507 e. The van der Waals surface area contributed by atoms with E-state index in [9.17, 15) is 14.7 Å². The van der Waals surface area contributed by atoms with Crippen LogP contribution < -0.4 is 4.74 Å². The molecule has 1 N–H and O–H groups in total. The first-order valence-electron chi connectivity index (χ1n) is 8.31. The SMILES string of the molecule is O=Cc1c(O)cccc1OCC1CCCCN1C(=O)c1cccnc1. The number of pyridine rings is 1. The number of aromatic hydroxyl groups is 1. The van der Waals surface area contributed by atoms with Crippen LogP contribution in [0.2, 0.25) is 0 Å². The number of hydrogen-bond acceptors (Lipinski definition) is 5. The predicted molar refractivity (Wildman–Crippen MR) is 91.9 cm³/mol. The Labute approximate surface area is 146 Å². The van der Waals surface area contributed by atoms with Crippen LogP contribution in [0.5, 0.6) is 11.5 Å². The maximum absolute atomic E-state index is 12.7. The number of hydrogen-bond donors (Lipinski definition) is 1. The summed E-state index contributed by atoms with van der Waals surface area (Å²) >= 11 is 0. The Morgan fingerprint density at radius 1 is 1.32 bits per heavy atom. The second-order valence-electron chi connectivity index (χ2n) is 6.01. The first-order valence-corrected chi connectivity index (χ1v) is 8.31. The maximum atomic E-state index is 12.7. The van der Waals surface area contributed by atoms with Crippen LogP contribution in [0.15, 0.2) is 42.7 Å². The van der Waals surface area contributed by atoms with Crippen LogP contribution >= 0.6 is 0 Å². The van der Waals surface area contributed by atoms with E-state index in [2.05, 4.69) is 4.98 Å². The van der Waals surface area contributed by atoms with E-state index in [0.717, 1.165) is 19.3 Å². The molecule has 1 amide bonds. The second-order valence-corrected chi connectivity index (χ2v) is 6.01. The Bertz CT molecular complexity index is 748. The van der Waals surface area contributed by atoms with E-state index in [1.165, 1.54) is 6.07 Å². The van der Waals surface area contributed by atoms with Gasteiger partial charge >= 0.3 is 0 Å². The van der Waals surface area contributed by atoms with E-state index < -0.39 is 0 Å². The number of aromatic nitrogens is 1. The number of carbonyl (C=O) groups is 2. The lowest BCUT2D eigenvalue weighted by atomic mass is 10.0. The van der Waals surface area contributed by atoms with Gasteiger partial charge in [0, 0.05) is 18.9 Å². The first-order chi connectivity index (χ1) is 12.2. The van der Waals surface area contributed by atoms with Crippen molar-refractivity contribution in [3.8, 4) is 11.5 Å². The van der Waals surface area contributed by atoms with Gasteiger partial charge in [0.2, 0.25) is 0 Å². The molecule has 0 aliphatic carbocycles. The van der Waals surface area contributed by atoms with E-state index >= 15 is 0 Å². The first kappa shape index (κ1) is 17.0. The Balaban J connectivity index is 1.73.